The summed E-state index contributed by atoms with van der Waals surface area (Å²) < 4.78 is 4.86. The lowest BCUT2D eigenvalue weighted by Crippen LogP contribution is -2.34. The van der Waals surface area contributed by atoms with Gasteiger partial charge in [-0.1, -0.05) is 23.7 Å². The van der Waals surface area contributed by atoms with Crippen molar-refractivity contribution in [3.8, 4) is 0 Å². The summed E-state index contributed by atoms with van der Waals surface area (Å²) in [6.07, 6.45) is -0.482. The molecule has 0 spiro atoms. The Hall–Kier alpha value is -2.38. The Morgan fingerprint density at radius 2 is 1.74 bits per heavy atom. The zero-order valence-electron chi connectivity index (χ0n) is 14.8. The molecule has 6 nitrogen and oxygen atoms in total. The van der Waals surface area contributed by atoms with Gasteiger partial charge in [-0.2, -0.15) is 0 Å². The molecule has 1 unspecified atom stereocenters. The molecule has 8 heteroatoms. The smallest absolute Gasteiger partial charge is 0.411 e. The largest absolute Gasteiger partial charge is 0.450 e. The molecule has 2 aromatic rings. The van der Waals surface area contributed by atoms with E-state index < -0.39 is 6.09 Å². The molecule has 2 N–H and O–H groups in total. The molecule has 1 fully saturated rings. The van der Waals surface area contributed by atoms with Crippen molar-refractivity contribution in [3.05, 3.63) is 59.1 Å². The first kappa shape index (κ1) is 19.4. The van der Waals surface area contributed by atoms with Crippen LogP contribution in [-0.4, -0.2) is 35.9 Å². The molecule has 1 heterocycles. The average Bonchev–Trinajstić information content (AvgIpc) is 3.14. The number of halogens is 1. The van der Waals surface area contributed by atoms with E-state index in [1.54, 1.807) is 60.0 Å². The van der Waals surface area contributed by atoms with Crippen molar-refractivity contribution in [1.29, 1.82) is 0 Å². The van der Waals surface area contributed by atoms with Crippen LogP contribution >= 0.6 is 23.4 Å². The predicted octanol–water partition coefficient (Wildman–Crippen LogP) is 5.19. The molecular formula is C19H20ClN3O3S. The summed E-state index contributed by atoms with van der Waals surface area (Å²) in [5.41, 5.74) is 2.35. The number of urea groups is 1. The normalized spacial score (nSPS) is 16.1. The van der Waals surface area contributed by atoms with Crippen molar-refractivity contribution in [2.45, 2.75) is 12.3 Å². The highest BCUT2D eigenvalue weighted by atomic mass is 35.5. The first-order chi connectivity index (χ1) is 13.1. The van der Waals surface area contributed by atoms with Gasteiger partial charge in [-0.15, -0.1) is 11.8 Å². The Bertz CT molecular complexity index is 799. The van der Waals surface area contributed by atoms with Crippen LogP contribution in [0.5, 0.6) is 0 Å². The molecule has 0 aromatic heterocycles. The Labute approximate surface area is 167 Å². The van der Waals surface area contributed by atoms with Crippen LogP contribution in [0.2, 0.25) is 5.02 Å². The fourth-order valence-electron chi connectivity index (χ4n) is 2.70. The van der Waals surface area contributed by atoms with E-state index >= 15 is 0 Å². The summed E-state index contributed by atoms with van der Waals surface area (Å²) in [5.74, 6) is 0.863. The number of nitrogens with one attached hydrogen (secondary N) is 2. The third kappa shape index (κ3) is 5.08. The number of carbonyl (C=O) groups excluding carboxylic acids is 2. The van der Waals surface area contributed by atoms with Crippen LogP contribution in [0.4, 0.5) is 21.0 Å². The van der Waals surface area contributed by atoms with Crippen molar-refractivity contribution < 1.29 is 14.3 Å². The number of benzene rings is 2. The lowest BCUT2D eigenvalue weighted by Gasteiger charge is -2.24. The predicted molar refractivity (Wildman–Crippen MR) is 109 cm³/mol. The number of anilines is 2. The van der Waals surface area contributed by atoms with Gasteiger partial charge in [0, 0.05) is 28.7 Å². The van der Waals surface area contributed by atoms with Crippen molar-refractivity contribution in [1.82, 2.24) is 4.90 Å². The van der Waals surface area contributed by atoms with Gasteiger partial charge in [0.05, 0.1) is 6.61 Å². The lowest BCUT2D eigenvalue weighted by molar-refractivity contribution is 0.168. The van der Waals surface area contributed by atoms with Crippen molar-refractivity contribution in [3.63, 3.8) is 0 Å². The number of thioether (sulfide) groups is 1. The molecule has 1 aliphatic heterocycles. The maximum absolute atomic E-state index is 12.7. The highest BCUT2D eigenvalue weighted by molar-refractivity contribution is 7.99. The quantitative estimate of drug-likeness (QED) is 0.734. The maximum Gasteiger partial charge on any atom is 0.411 e. The van der Waals surface area contributed by atoms with Crippen molar-refractivity contribution in [2.75, 3.05) is 29.5 Å². The number of ether oxygens (including phenoxy) is 1. The fraction of sp³-hybridized carbons (Fsp3) is 0.263. The van der Waals surface area contributed by atoms with Crippen LogP contribution in [0.15, 0.2) is 48.5 Å². The molecule has 3 rings (SSSR count). The molecule has 0 saturated carbocycles. The molecule has 1 atom stereocenters. The van der Waals surface area contributed by atoms with Gasteiger partial charge in [0.15, 0.2) is 0 Å². The van der Waals surface area contributed by atoms with Crippen LogP contribution in [0, 0.1) is 0 Å². The van der Waals surface area contributed by atoms with E-state index in [1.807, 2.05) is 12.1 Å². The average molecular weight is 406 g/mol. The van der Waals surface area contributed by atoms with E-state index in [9.17, 15) is 9.59 Å². The number of rotatable bonds is 4. The second kappa shape index (κ2) is 9.01. The molecule has 0 aliphatic carbocycles. The monoisotopic (exact) mass is 405 g/mol. The van der Waals surface area contributed by atoms with Gasteiger partial charge in [-0.3, -0.25) is 5.32 Å². The van der Waals surface area contributed by atoms with Crippen LogP contribution in [-0.2, 0) is 4.74 Å². The fourth-order valence-corrected chi connectivity index (χ4v) is 4.08. The van der Waals surface area contributed by atoms with Crippen LogP contribution in [0.25, 0.3) is 0 Å². The summed E-state index contributed by atoms with van der Waals surface area (Å²) in [6, 6.07) is 14.3. The molecule has 0 radical (unpaired) electrons. The molecule has 27 heavy (non-hydrogen) atoms. The van der Waals surface area contributed by atoms with Crippen LogP contribution in [0.3, 0.4) is 0 Å². The second-order valence-corrected chi connectivity index (χ2v) is 7.45. The Morgan fingerprint density at radius 3 is 2.41 bits per heavy atom. The van der Waals surface area contributed by atoms with Gasteiger partial charge in [0.1, 0.15) is 5.37 Å². The standard InChI is InChI=1S/C19H20ClN3O3S/c1-2-26-19(25)22-16-7-3-13(4-8-16)17-23(11-12-27-17)18(24)21-15-9-5-14(20)6-10-15/h3-10,17H,2,11-12H2,1H3,(H,21,24)(H,22,25). The Balaban J connectivity index is 1.65. The number of hydrogen-bond donors (Lipinski definition) is 2. The Morgan fingerprint density at radius 1 is 1.11 bits per heavy atom. The van der Waals surface area contributed by atoms with Gasteiger partial charge >= 0.3 is 12.1 Å². The number of amides is 3. The van der Waals surface area contributed by atoms with Gasteiger partial charge in [0.2, 0.25) is 0 Å². The van der Waals surface area contributed by atoms with Gasteiger partial charge in [0.25, 0.3) is 0 Å². The van der Waals surface area contributed by atoms with E-state index in [4.69, 9.17) is 16.3 Å². The molecule has 1 saturated heterocycles. The maximum atomic E-state index is 12.7. The Kier molecular flexibility index (Phi) is 6.47. The van der Waals surface area contributed by atoms with E-state index in [0.29, 0.717) is 29.5 Å². The van der Waals surface area contributed by atoms with E-state index in [0.717, 1.165) is 11.3 Å². The minimum absolute atomic E-state index is 0.0751. The highest BCUT2D eigenvalue weighted by Gasteiger charge is 2.30. The zero-order chi connectivity index (χ0) is 19.2. The third-order valence-electron chi connectivity index (χ3n) is 3.97. The van der Waals surface area contributed by atoms with Crippen LogP contribution in [0.1, 0.15) is 17.9 Å². The zero-order valence-corrected chi connectivity index (χ0v) is 16.3. The SMILES string of the molecule is CCOC(=O)Nc1ccc(C2SCCN2C(=O)Nc2ccc(Cl)cc2)cc1. The molecule has 2 aromatic carbocycles. The third-order valence-corrected chi connectivity index (χ3v) is 5.48. The molecule has 1 aliphatic rings. The summed E-state index contributed by atoms with van der Waals surface area (Å²) in [6.45, 7) is 2.74. The van der Waals surface area contributed by atoms with Gasteiger partial charge in [-0.25, -0.2) is 9.59 Å². The topological polar surface area (TPSA) is 70.7 Å². The van der Waals surface area contributed by atoms with E-state index in [-0.39, 0.29) is 11.4 Å². The first-order valence-electron chi connectivity index (χ1n) is 8.55. The minimum Gasteiger partial charge on any atom is -0.450 e. The summed E-state index contributed by atoms with van der Waals surface area (Å²) in [4.78, 5) is 25.9. The molecular weight excluding hydrogens is 386 g/mol. The summed E-state index contributed by atoms with van der Waals surface area (Å²) in [7, 11) is 0. The van der Waals surface area contributed by atoms with Crippen molar-refractivity contribution >= 4 is 46.9 Å². The summed E-state index contributed by atoms with van der Waals surface area (Å²) >= 11 is 7.58. The van der Waals surface area contributed by atoms with Gasteiger partial charge in [-0.05, 0) is 48.9 Å². The van der Waals surface area contributed by atoms with Crippen molar-refractivity contribution in [2.24, 2.45) is 0 Å². The highest BCUT2D eigenvalue weighted by Crippen LogP contribution is 2.38. The molecule has 3 amide bonds. The minimum atomic E-state index is -0.482. The lowest BCUT2D eigenvalue weighted by atomic mass is 10.2. The number of nitrogens with zero attached hydrogens (tertiary/aromatic N) is 1. The number of carbonyl (C=O) groups is 2. The summed E-state index contributed by atoms with van der Waals surface area (Å²) in [5, 5.41) is 6.11. The first-order valence-corrected chi connectivity index (χ1v) is 9.98. The molecule has 0 bridgehead atoms. The van der Waals surface area contributed by atoms with Gasteiger partial charge < -0.3 is 15.0 Å². The molecule has 142 valence electrons. The number of hydrogen-bond acceptors (Lipinski definition) is 4. The second-order valence-electron chi connectivity index (χ2n) is 5.82. The van der Waals surface area contributed by atoms with E-state index in [1.165, 1.54) is 0 Å². The van der Waals surface area contributed by atoms with Crippen LogP contribution < -0.4 is 10.6 Å². The van der Waals surface area contributed by atoms with E-state index in [2.05, 4.69) is 10.6 Å².